The number of nitrogens with one attached hydrogen (secondary N) is 2. The van der Waals surface area contributed by atoms with E-state index in [2.05, 4.69) is 24.0 Å². The number of benzene rings is 1. The quantitative estimate of drug-likeness (QED) is 0.543. The number of rotatable bonds is 9. The minimum absolute atomic E-state index is 0.125. The highest BCUT2D eigenvalue weighted by Crippen LogP contribution is 2.13. The number of aromatic amines is 1. The Labute approximate surface area is 159 Å². The molecular formula is C17H19N5O2S2. The lowest BCUT2D eigenvalue weighted by atomic mass is 10.1. The standard InChI is InChI=1S/C17H19N5O2S2/c1-24-15-4-2-12(3-5-15)8-13-9-19-17(21-16(13)23)18-6-7-25-11-14-10-20-26-22-14/h2-5,9-10H,6-8,11H2,1H3,(H2,18,19,21,23). The van der Waals surface area contributed by atoms with Gasteiger partial charge in [0.15, 0.2) is 0 Å². The molecule has 0 spiro atoms. The van der Waals surface area contributed by atoms with Gasteiger partial charge in [0, 0.05) is 36.2 Å². The molecule has 9 heteroatoms. The maximum absolute atomic E-state index is 12.2. The van der Waals surface area contributed by atoms with Crippen molar-refractivity contribution in [3.05, 3.63) is 63.8 Å². The molecule has 7 nitrogen and oxygen atoms in total. The van der Waals surface area contributed by atoms with Gasteiger partial charge in [-0.1, -0.05) is 12.1 Å². The second-order valence-electron chi connectivity index (χ2n) is 5.49. The highest BCUT2D eigenvalue weighted by atomic mass is 32.2. The molecule has 0 saturated carbocycles. The van der Waals surface area contributed by atoms with Crippen LogP contribution in [0, 0.1) is 0 Å². The van der Waals surface area contributed by atoms with Crippen molar-refractivity contribution in [1.82, 2.24) is 18.7 Å². The molecule has 0 fully saturated rings. The van der Waals surface area contributed by atoms with E-state index in [1.165, 1.54) is 11.7 Å². The fourth-order valence-corrected chi connectivity index (χ4v) is 3.52. The Hall–Kier alpha value is -2.39. The van der Waals surface area contributed by atoms with Crippen molar-refractivity contribution in [2.75, 3.05) is 24.7 Å². The number of methoxy groups -OCH3 is 1. The zero-order valence-electron chi connectivity index (χ0n) is 14.3. The zero-order chi connectivity index (χ0) is 18.2. The molecule has 26 heavy (non-hydrogen) atoms. The molecule has 0 bridgehead atoms. The van der Waals surface area contributed by atoms with E-state index in [-0.39, 0.29) is 5.56 Å². The van der Waals surface area contributed by atoms with Gasteiger partial charge < -0.3 is 10.1 Å². The summed E-state index contributed by atoms with van der Waals surface area (Å²) in [5.41, 5.74) is 2.53. The minimum atomic E-state index is -0.125. The molecule has 0 aliphatic carbocycles. The van der Waals surface area contributed by atoms with Crippen molar-refractivity contribution >= 4 is 29.4 Å². The molecule has 0 amide bonds. The number of thioether (sulfide) groups is 1. The number of hydrogen-bond donors (Lipinski definition) is 2. The van der Waals surface area contributed by atoms with Gasteiger partial charge >= 0.3 is 0 Å². The van der Waals surface area contributed by atoms with Crippen molar-refractivity contribution < 1.29 is 4.74 Å². The van der Waals surface area contributed by atoms with Crippen LogP contribution in [0.15, 0.2) is 41.5 Å². The second-order valence-corrected chi connectivity index (χ2v) is 7.15. The van der Waals surface area contributed by atoms with Gasteiger partial charge in [0.25, 0.3) is 5.56 Å². The van der Waals surface area contributed by atoms with E-state index in [9.17, 15) is 4.79 Å². The van der Waals surface area contributed by atoms with E-state index in [4.69, 9.17) is 4.74 Å². The summed E-state index contributed by atoms with van der Waals surface area (Å²) in [6.07, 6.45) is 3.94. The van der Waals surface area contributed by atoms with Gasteiger partial charge in [-0.2, -0.15) is 20.5 Å². The Bertz CT molecular complexity index is 866. The molecule has 0 atom stereocenters. The smallest absolute Gasteiger partial charge is 0.255 e. The van der Waals surface area contributed by atoms with Crippen LogP contribution in [-0.2, 0) is 12.2 Å². The Balaban J connectivity index is 1.48. The van der Waals surface area contributed by atoms with Crippen LogP contribution in [-0.4, -0.2) is 38.1 Å². The molecule has 1 aromatic carbocycles. The van der Waals surface area contributed by atoms with E-state index in [1.807, 2.05) is 24.3 Å². The number of nitrogens with zero attached hydrogens (tertiary/aromatic N) is 3. The van der Waals surface area contributed by atoms with E-state index in [1.54, 1.807) is 31.3 Å². The van der Waals surface area contributed by atoms with Crippen molar-refractivity contribution in [2.24, 2.45) is 0 Å². The molecule has 3 rings (SSSR count). The molecule has 136 valence electrons. The maximum Gasteiger partial charge on any atom is 0.255 e. The Kier molecular flexibility index (Phi) is 6.62. The topological polar surface area (TPSA) is 92.8 Å². The number of hydrogen-bond acceptors (Lipinski definition) is 8. The molecule has 0 radical (unpaired) electrons. The monoisotopic (exact) mass is 389 g/mol. The molecule has 0 aliphatic rings. The number of ether oxygens (including phenoxy) is 1. The molecule has 2 aromatic heterocycles. The Morgan fingerprint density at radius 3 is 2.81 bits per heavy atom. The van der Waals surface area contributed by atoms with E-state index in [0.29, 0.717) is 24.5 Å². The van der Waals surface area contributed by atoms with Gasteiger partial charge in [0.05, 0.1) is 30.7 Å². The summed E-state index contributed by atoms with van der Waals surface area (Å²) >= 11 is 2.97. The van der Waals surface area contributed by atoms with Crippen LogP contribution in [0.25, 0.3) is 0 Å². The summed E-state index contributed by atoms with van der Waals surface area (Å²) in [6.45, 7) is 0.711. The van der Waals surface area contributed by atoms with E-state index >= 15 is 0 Å². The summed E-state index contributed by atoms with van der Waals surface area (Å²) in [5.74, 6) is 3.01. The number of aromatic nitrogens is 4. The van der Waals surface area contributed by atoms with E-state index in [0.717, 1.165) is 28.5 Å². The van der Waals surface area contributed by atoms with Crippen molar-refractivity contribution in [3.63, 3.8) is 0 Å². The lowest BCUT2D eigenvalue weighted by Crippen LogP contribution is -2.18. The summed E-state index contributed by atoms with van der Waals surface area (Å²) < 4.78 is 13.3. The summed E-state index contributed by atoms with van der Waals surface area (Å²) in [5, 5.41) is 3.13. The molecule has 2 heterocycles. The second kappa shape index (κ2) is 9.35. The van der Waals surface area contributed by atoms with E-state index < -0.39 is 0 Å². The van der Waals surface area contributed by atoms with Crippen LogP contribution < -0.4 is 15.6 Å². The first-order valence-electron chi connectivity index (χ1n) is 8.04. The molecule has 0 saturated heterocycles. The fourth-order valence-electron chi connectivity index (χ4n) is 2.27. The largest absolute Gasteiger partial charge is 0.497 e. The summed E-state index contributed by atoms with van der Waals surface area (Å²) in [4.78, 5) is 19.3. The van der Waals surface area contributed by atoms with Crippen LogP contribution in [0.2, 0.25) is 0 Å². The van der Waals surface area contributed by atoms with Crippen molar-refractivity contribution in [2.45, 2.75) is 12.2 Å². The molecule has 2 N–H and O–H groups in total. The molecule has 0 aliphatic heterocycles. The molecule has 3 aromatic rings. The van der Waals surface area contributed by atoms with Gasteiger partial charge in [0.2, 0.25) is 5.95 Å². The van der Waals surface area contributed by atoms with Gasteiger partial charge in [-0.25, -0.2) is 4.98 Å². The van der Waals surface area contributed by atoms with Crippen LogP contribution in [0.4, 0.5) is 5.95 Å². The minimum Gasteiger partial charge on any atom is -0.497 e. The lowest BCUT2D eigenvalue weighted by molar-refractivity contribution is 0.414. The predicted octanol–water partition coefficient (Wildman–Crippen LogP) is 2.57. The number of H-pyrrole nitrogens is 1. The zero-order valence-corrected chi connectivity index (χ0v) is 15.9. The van der Waals surface area contributed by atoms with Gasteiger partial charge in [-0.3, -0.25) is 9.78 Å². The van der Waals surface area contributed by atoms with Crippen LogP contribution in [0.5, 0.6) is 5.75 Å². The SMILES string of the molecule is COc1ccc(Cc2cnc(NCCSCc3cnsn3)[nH]c2=O)cc1. The predicted molar refractivity (Wildman–Crippen MR) is 105 cm³/mol. The third-order valence-corrected chi connectivity index (χ3v) is 5.13. The maximum atomic E-state index is 12.2. The summed E-state index contributed by atoms with van der Waals surface area (Å²) in [7, 11) is 1.63. The third-order valence-electron chi connectivity index (χ3n) is 3.62. The highest BCUT2D eigenvalue weighted by Gasteiger charge is 2.05. The van der Waals surface area contributed by atoms with Gasteiger partial charge in [-0.15, -0.1) is 0 Å². The Morgan fingerprint density at radius 2 is 2.12 bits per heavy atom. The van der Waals surface area contributed by atoms with Crippen LogP contribution in [0.1, 0.15) is 16.8 Å². The molecular weight excluding hydrogens is 370 g/mol. The Morgan fingerprint density at radius 1 is 1.27 bits per heavy atom. The fraction of sp³-hybridized carbons (Fsp3) is 0.294. The highest BCUT2D eigenvalue weighted by molar-refractivity contribution is 7.98. The summed E-state index contributed by atoms with van der Waals surface area (Å²) in [6, 6.07) is 7.65. The average molecular weight is 390 g/mol. The first-order valence-corrected chi connectivity index (χ1v) is 9.92. The molecule has 0 unspecified atom stereocenters. The first kappa shape index (κ1) is 18.4. The number of anilines is 1. The lowest BCUT2D eigenvalue weighted by Gasteiger charge is -2.06. The van der Waals surface area contributed by atoms with Crippen molar-refractivity contribution in [1.29, 1.82) is 0 Å². The normalized spacial score (nSPS) is 10.7. The third kappa shape index (κ3) is 5.30. The van der Waals surface area contributed by atoms with Crippen LogP contribution >= 0.6 is 23.5 Å². The average Bonchev–Trinajstić information content (AvgIpc) is 3.18. The van der Waals surface area contributed by atoms with Crippen LogP contribution in [0.3, 0.4) is 0 Å². The first-order chi connectivity index (χ1) is 12.7. The van der Waals surface area contributed by atoms with Gasteiger partial charge in [-0.05, 0) is 17.7 Å². The van der Waals surface area contributed by atoms with Crippen molar-refractivity contribution in [3.8, 4) is 5.75 Å². The van der Waals surface area contributed by atoms with Gasteiger partial charge in [0.1, 0.15) is 5.75 Å².